The molecule has 2 heteroatoms. The molecule has 51 heavy (non-hydrogen) atoms. The van der Waals surface area contributed by atoms with Crippen molar-refractivity contribution in [2.24, 2.45) is 0 Å². The van der Waals surface area contributed by atoms with E-state index in [1.807, 2.05) is 11.3 Å². The molecule has 0 amide bonds. The minimum Gasteiger partial charge on any atom is -0.310 e. The zero-order valence-electron chi connectivity index (χ0n) is 28.6. The molecule has 0 aliphatic heterocycles. The van der Waals surface area contributed by atoms with Gasteiger partial charge in [0.15, 0.2) is 0 Å². The van der Waals surface area contributed by atoms with Crippen molar-refractivity contribution in [1.29, 1.82) is 0 Å². The minimum atomic E-state index is -0.0535. The van der Waals surface area contributed by atoms with Gasteiger partial charge in [-0.2, -0.15) is 0 Å². The molecule has 0 spiro atoms. The lowest BCUT2D eigenvalue weighted by Gasteiger charge is -2.30. The second-order valence-corrected chi connectivity index (χ2v) is 15.2. The van der Waals surface area contributed by atoms with Crippen LogP contribution in [0.5, 0.6) is 0 Å². The Labute approximate surface area is 302 Å². The standard InChI is InChI=1S/C49H35NS/c1-49(2)43-20-10-8-17-39(43)41-30-35(24-27-44(41)49)48-38(33-14-4-3-5-15-33)19-12-21-45(48)50(36-25-23-32-13-6-7-16-34(32)29-36)37-26-28-47-42(31-37)40-18-9-11-22-46(40)51-47/h3-31H,1-2H3. The molecule has 0 fully saturated rings. The van der Waals surface area contributed by atoms with Crippen LogP contribution in [0, 0.1) is 0 Å². The van der Waals surface area contributed by atoms with Crippen molar-refractivity contribution >= 4 is 59.3 Å². The lowest BCUT2D eigenvalue weighted by atomic mass is 9.82. The fourth-order valence-corrected chi connectivity index (χ4v) is 9.45. The van der Waals surface area contributed by atoms with E-state index < -0.39 is 0 Å². The summed E-state index contributed by atoms with van der Waals surface area (Å²) in [6.45, 7) is 4.71. The SMILES string of the molecule is CC1(C)c2ccccc2-c2cc(-c3c(-c4ccccc4)cccc3N(c3ccc4ccccc4c3)c3ccc4sc5ccccc5c4c3)ccc21. The number of anilines is 3. The van der Waals surface area contributed by atoms with E-state index in [-0.39, 0.29) is 5.41 Å². The minimum absolute atomic E-state index is 0.0535. The highest BCUT2D eigenvalue weighted by molar-refractivity contribution is 7.25. The van der Waals surface area contributed by atoms with Crippen LogP contribution in [0.15, 0.2) is 176 Å². The quantitative estimate of drug-likeness (QED) is 0.176. The van der Waals surface area contributed by atoms with Crippen LogP contribution >= 0.6 is 11.3 Å². The molecule has 0 unspecified atom stereocenters. The third kappa shape index (κ3) is 4.75. The Bertz CT molecular complexity index is 2790. The summed E-state index contributed by atoms with van der Waals surface area (Å²) in [5.74, 6) is 0. The van der Waals surface area contributed by atoms with Gasteiger partial charge in [0.05, 0.1) is 5.69 Å². The molecule has 0 atom stereocenters. The van der Waals surface area contributed by atoms with Gasteiger partial charge in [-0.3, -0.25) is 0 Å². The maximum Gasteiger partial charge on any atom is 0.0546 e. The van der Waals surface area contributed by atoms with E-state index in [0.717, 1.165) is 17.1 Å². The predicted molar refractivity (Wildman–Crippen MR) is 220 cm³/mol. The van der Waals surface area contributed by atoms with Crippen molar-refractivity contribution < 1.29 is 0 Å². The van der Waals surface area contributed by atoms with Crippen molar-refractivity contribution in [2.45, 2.75) is 19.3 Å². The van der Waals surface area contributed by atoms with Gasteiger partial charge in [-0.15, -0.1) is 11.3 Å². The monoisotopic (exact) mass is 669 g/mol. The molecule has 1 aliphatic rings. The van der Waals surface area contributed by atoms with Gasteiger partial charge >= 0.3 is 0 Å². The molecular formula is C49H35NS. The van der Waals surface area contributed by atoms with Gasteiger partial charge < -0.3 is 4.90 Å². The van der Waals surface area contributed by atoms with Gasteiger partial charge in [0.25, 0.3) is 0 Å². The second-order valence-electron chi connectivity index (χ2n) is 14.1. The van der Waals surface area contributed by atoms with Crippen molar-refractivity contribution in [2.75, 3.05) is 4.90 Å². The van der Waals surface area contributed by atoms with Gasteiger partial charge in [-0.1, -0.05) is 141 Å². The fraction of sp³-hybridized carbons (Fsp3) is 0.0612. The highest BCUT2D eigenvalue weighted by Gasteiger charge is 2.35. The average molecular weight is 670 g/mol. The van der Waals surface area contributed by atoms with Crippen molar-refractivity contribution in [3.8, 4) is 33.4 Å². The van der Waals surface area contributed by atoms with E-state index in [1.165, 1.54) is 75.5 Å². The van der Waals surface area contributed by atoms with Crippen LogP contribution in [0.4, 0.5) is 17.1 Å². The first kappa shape index (κ1) is 29.9. The molecule has 10 rings (SSSR count). The lowest BCUT2D eigenvalue weighted by molar-refractivity contribution is 0.660. The molecule has 242 valence electrons. The van der Waals surface area contributed by atoms with E-state index in [0.29, 0.717) is 0 Å². The van der Waals surface area contributed by atoms with E-state index >= 15 is 0 Å². The predicted octanol–water partition coefficient (Wildman–Crippen LogP) is 14.3. The number of hydrogen-bond donors (Lipinski definition) is 0. The van der Waals surface area contributed by atoms with Crippen molar-refractivity contribution in [1.82, 2.24) is 0 Å². The maximum atomic E-state index is 2.48. The first-order valence-electron chi connectivity index (χ1n) is 17.7. The first-order chi connectivity index (χ1) is 25.0. The molecule has 1 heterocycles. The van der Waals surface area contributed by atoms with E-state index in [4.69, 9.17) is 0 Å². The number of benzene rings is 8. The highest BCUT2D eigenvalue weighted by Crippen LogP contribution is 2.52. The lowest BCUT2D eigenvalue weighted by Crippen LogP contribution is -2.14. The van der Waals surface area contributed by atoms with Gasteiger partial charge in [0.2, 0.25) is 0 Å². The van der Waals surface area contributed by atoms with Gasteiger partial charge in [0, 0.05) is 42.5 Å². The molecule has 8 aromatic carbocycles. The molecule has 9 aromatic rings. The number of nitrogens with zero attached hydrogens (tertiary/aromatic N) is 1. The number of rotatable bonds is 5. The Morgan fingerprint density at radius 1 is 0.431 bits per heavy atom. The molecule has 1 aromatic heterocycles. The van der Waals surface area contributed by atoms with Crippen LogP contribution in [-0.4, -0.2) is 0 Å². The Morgan fingerprint density at radius 3 is 2.02 bits per heavy atom. The molecule has 0 N–H and O–H groups in total. The topological polar surface area (TPSA) is 3.24 Å². The van der Waals surface area contributed by atoms with Gasteiger partial charge in [0.1, 0.15) is 0 Å². The van der Waals surface area contributed by atoms with Gasteiger partial charge in [-0.05, 0) is 98.2 Å². The Kier molecular flexibility index (Phi) is 6.78. The van der Waals surface area contributed by atoms with E-state index in [1.54, 1.807) is 0 Å². The Balaban J connectivity index is 1.27. The molecular weight excluding hydrogens is 635 g/mol. The largest absolute Gasteiger partial charge is 0.310 e. The van der Waals surface area contributed by atoms with Crippen LogP contribution < -0.4 is 4.90 Å². The van der Waals surface area contributed by atoms with Crippen LogP contribution in [0.1, 0.15) is 25.0 Å². The second kappa shape index (κ2) is 11.6. The summed E-state index contributed by atoms with van der Waals surface area (Å²) in [5.41, 5.74) is 13.6. The fourth-order valence-electron chi connectivity index (χ4n) is 8.36. The van der Waals surface area contributed by atoms with E-state index in [2.05, 4.69) is 195 Å². The van der Waals surface area contributed by atoms with Crippen LogP contribution in [0.3, 0.4) is 0 Å². The molecule has 1 nitrogen and oxygen atoms in total. The highest BCUT2D eigenvalue weighted by atomic mass is 32.1. The average Bonchev–Trinajstić information content (AvgIpc) is 3.66. The van der Waals surface area contributed by atoms with Gasteiger partial charge in [-0.25, -0.2) is 0 Å². The Hall–Kier alpha value is -5.96. The van der Waals surface area contributed by atoms with E-state index in [9.17, 15) is 0 Å². The number of thiophene rings is 1. The molecule has 0 bridgehead atoms. The normalized spacial score (nSPS) is 13.1. The maximum absolute atomic E-state index is 2.48. The summed E-state index contributed by atoms with van der Waals surface area (Å²) >= 11 is 1.86. The zero-order valence-corrected chi connectivity index (χ0v) is 29.4. The summed E-state index contributed by atoms with van der Waals surface area (Å²) in [6.07, 6.45) is 0. The molecule has 0 radical (unpaired) electrons. The summed E-state index contributed by atoms with van der Waals surface area (Å²) in [7, 11) is 0. The van der Waals surface area contributed by atoms with Crippen molar-refractivity contribution in [3.63, 3.8) is 0 Å². The first-order valence-corrected chi connectivity index (χ1v) is 18.5. The van der Waals surface area contributed by atoms with Crippen LogP contribution in [0.25, 0.3) is 64.3 Å². The summed E-state index contributed by atoms with van der Waals surface area (Å²) < 4.78 is 2.62. The summed E-state index contributed by atoms with van der Waals surface area (Å²) in [5, 5.41) is 5.05. The smallest absolute Gasteiger partial charge is 0.0546 e. The number of fused-ring (bicyclic) bond motifs is 7. The third-order valence-electron chi connectivity index (χ3n) is 10.9. The van der Waals surface area contributed by atoms with Crippen molar-refractivity contribution in [3.05, 3.63) is 187 Å². The molecule has 1 aliphatic carbocycles. The zero-order chi connectivity index (χ0) is 34.1. The summed E-state index contributed by atoms with van der Waals surface area (Å²) in [6, 6.07) is 65.1. The van der Waals surface area contributed by atoms with Crippen LogP contribution in [-0.2, 0) is 5.41 Å². The Morgan fingerprint density at radius 2 is 1.12 bits per heavy atom. The summed E-state index contributed by atoms with van der Waals surface area (Å²) in [4.78, 5) is 2.48. The molecule has 0 saturated carbocycles. The van der Waals surface area contributed by atoms with Crippen LogP contribution in [0.2, 0.25) is 0 Å². The molecule has 0 saturated heterocycles. The number of hydrogen-bond acceptors (Lipinski definition) is 2. The third-order valence-corrected chi connectivity index (χ3v) is 12.0.